The fraction of sp³-hybridized carbons (Fsp3) is 0.0625. The van der Waals surface area contributed by atoms with E-state index in [-0.39, 0.29) is 32.1 Å². The number of azo groups is 1. The van der Waals surface area contributed by atoms with E-state index in [1.807, 2.05) is 0 Å². The summed E-state index contributed by atoms with van der Waals surface area (Å²) in [6.07, 6.45) is 0. The first kappa shape index (κ1) is 20.1. The highest BCUT2D eigenvalue weighted by molar-refractivity contribution is 7.89. The molecule has 0 spiro atoms. The SMILES string of the molecule is Cc1[nH]n(-c2ccc(S(N)(=O)=O)cc2)c(=O)c1N=Nc1cc(Cl)cc(Cl)c1O. The number of halogens is 2. The number of phenols is 1. The second-order valence-electron chi connectivity index (χ2n) is 5.72. The van der Waals surface area contributed by atoms with Crippen molar-refractivity contribution in [3.8, 4) is 11.4 Å². The Hall–Kier alpha value is -2.66. The van der Waals surface area contributed by atoms with Crippen LogP contribution in [0.4, 0.5) is 11.4 Å². The monoisotopic (exact) mass is 441 g/mol. The molecule has 0 aliphatic rings. The number of nitrogens with two attached hydrogens (primary N) is 1. The standard InChI is InChI=1S/C16H13Cl2N5O4S/c1-8-14(21-20-13-7-9(17)6-12(18)15(13)24)16(25)23(22-8)10-2-4-11(5-3-10)28(19,26)27/h2-7,22,24H,1H3,(H2,19,26,27). The number of aromatic amines is 1. The van der Waals surface area contributed by atoms with Gasteiger partial charge in [0.25, 0.3) is 5.56 Å². The van der Waals surface area contributed by atoms with E-state index in [2.05, 4.69) is 15.3 Å². The second-order valence-corrected chi connectivity index (χ2v) is 8.13. The Morgan fingerprint density at radius 1 is 1.14 bits per heavy atom. The Morgan fingerprint density at radius 2 is 1.79 bits per heavy atom. The highest BCUT2D eigenvalue weighted by Gasteiger charge is 2.14. The second kappa shape index (κ2) is 7.40. The molecule has 0 saturated heterocycles. The number of aromatic nitrogens is 2. The van der Waals surface area contributed by atoms with Crippen LogP contribution in [0.3, 0.4) is 0 Å². The number of rotatable bonds is 4. The molecule has 0 fully saturated rings. The van der Waals surface area contributed by atoms with Crippen LogP contribution in [-0.4, -0.2) is 23.3 Å². The normalized spacial score (nSPS) is 12.0. The molecule has 3 aromatic rings. The average molecular weight is 442 g/mol. The number of aryl methyl sites for hydroxylation is 1. The zero-order valence-electron chi connectivity index (χ0n) is 14.2. The number of phenolic OH excluding ortho intramolecular Hbond substituents is 1. The summed E-state index contributed by atoms with van der Waals surface area (Å²) in [5.74, 6) is -0.318. The summed E-state index contributed by atoms with van der Waals surface area (Å²) in [6, 6.07) is 8.08. The quantitative estimate of drug-likeness (QED) is 0.531. The summed E-state index contributed by atoms with van der Waals surface area (Å²) in [4.78, 5) is 12.5. The van der Waals surface area contributed by atoms with Crippen molar-refractivity contribution in [2.75, 3.05) is 0 Å². The third kappa shape index (κ3) is 3.94. The predicted octanol–water partition coefficient (Wildman–Crippen LogP) is 3.55. The molecule has 12 heteroatoms. The van der Waals surface area contributed by atoms with Gasteiger partial charge < -0.3 is 5.11 Å². The Balaban J connectivity index is 2.00. The van der Waals surface area contributed by atoms with Crippen LogP contribution in [-0.2, 0) is 10.0 Å². The van der Waals surface area contributed by atoms with Gasteiger partial charge in [0, 0.05) is 5.02 Å². The van der Waals surface area contributed by atoms with Crippen molar-refractivity contribution >= 4 is 44.6 Å². The van der Waals surface area contributed by atoms with Crippen LogP contribution in [0.2, 0.25) is 10.0 Å². The first-order valence-corrected chi connectivity index (χ1v) is 9.93. The number of benzene rings is 2. The van der Waals surface area contributed by atoms with E-state index in [4.69, 9.17) is 28.3 Å². The number of aromatic hydroxyl groups is 1. The van der Waals surface area contributed by atoms with E-state index in [0.29, 0.717) is 11.4 Å². The van der Waals surface area contributed by atoms with Crippen molar-refractivity contribution in [2.45, 2.75) is 11.8 Å². The Morgan fingerprint density at radius 3 is 2.39 bits per heavy atom. The van der Waals surface area contributed by atoms with Crippen molar-refractivity contribution in [1.29, 1.82) is 0 Å². The van der Waals surface area contributed by atoms with Crippen LogP contribution in [0.25, 0.3) is 5.69 Å². The van der Waals surface area contributed by atoms with Crippen molar-refractivity contribution in [3.63, 3.8) is 0 Å². The smallest absolute Gasteiger partial charge is 0.299 e. The summed E-state index contributed by atoms with van der Waals surface area (Å²) in [5, 5.41) is 25.8. The first-order chi connectivity index (χ1) is 13.1. The third-order valence-corrected chi connectivity index (χ3v) is 5.17. The van der Waals surface area contributed by atoms with Crippen LogP contribution in [0.15, 0.2) is 56.3 Å². The van der Waals surface area contributed by atoms with Gasteiger partial charge in [-0.2, -0.15) is 0 Å². The minimum absolute atomic E-state index is 0.000373. The van der Waals surface area contributed by atoms with Crippen LogP contribution in [0, 0.1) is 6.92 Å². The number of nitrogens with one attached hydrogen (secondary N) is 1. The lowest BCUT2D eigenvalue weighted by Crippen LogP contribution is -2.15. The van der Waals surface area contributed by atoms with Crippen molar-refractivity contribution < 1.29 is 13.5 Å². The lowest BCUT2D eigenvalue weighted by atomic mass is 10.3. The first-order valence-electron chi connectivity index (χ1n) is 7.62. The molecule has 28 heavy (non-hydrogen) atoms. The Bertz CT molecular complexity index is 1250. The molecule has 3 rings (SSSR count). The van der Waals surface area contributed by atoms with E-state index in [0.717, 1.165) is 0 Å². The zero-order valence-corrected chi connectivity index (χ0v) is 16.5. The maximum atomic E-state index is 12.6. The maximum absolute atomic E-state index is 12.6. The molecule has 0 saturated carbocycles. The fourth-order valence-electron chi connectivity index (χ4n) is 2.35. The summed E-state index contributed by atoms with van der Waals surface area (Å²) < 4.78 is 23.8. The van der Waals surface area contributed by atoms with Gasteiger partial charge in [-0.25, -0.2) is 18.2 Å². The molecule has 0 radical (unpaired) electrons. The number of sulfonamides is 1. The predicted molar refractivity (Wildman–Crippen MR) is 105 cm³/mol. The van der Waals surface area contributed by atoms with Gasteiger partial charge in [0.05, 0.1) is 21.3 Å². The molecular weight excluding hydrogens is 429 g/mol. The van der Waals surface area contributed by atoms with Crippen LogP contribution in [0.5, 0.6) is 5.75 Å². The number of primary sulfonamides is 1. The van der Waals surface area contributed by atoms with E-state index in [1.54, 1.807) is 6.92 Å². The summed E-state index contributed by atoms with van der Waals surface area (Å²) in [5.41, 5.74) is 0.234. The van der Waals surface area contributed by atoms with E-state index in [1.165, 1.54) is 41.1 Å². The van der Waals surface area contributed by atoms with E-state index in [9.17, 15) is 18.3 Å². The minimum Gasteiger partial charge on any atom is -0.504 e. The van der Waals surface area contributed by atoms with Gasteiger partial charge in [-0.05, 0) is 43.3 Å². The van der Waals surface area contributed by atoms with Crippen molar-refractivity contribution in [2.24, 2.45) is 15.4 Å². The largest absolute Gasteiger partial charge is 0.504 e. The molecule has 1 heterocycles. The molecule has 9 nitrogen and oxygen atoms in total. The molecule has 0 unspecified atom stereocenters. The zero-order chi connectivity index (χ0) is 20.6. The molecule has 0 aliphatic heterocycles. The minimum atomic E-state index is -3.84. The van der Waals surface area contributed by atoms with Gasteiger partial charge >= 0.3 is 0 Å². The Kier molecular flexibility index (Phi) is 5.31. The molecule has 0 bridgehead atoms. The number of nitrogens with zero attached hydrogens (tertiary/aromatic N) is 3. The van der Waals surface area contributed by atoms with Crippen LogP contribution < -0.4 is 10.7 Å². The topological polar surface area (TPSA) is 143 Å². The number of H-pyrrole nitrogens is 1. The van der Waals surface area contributed by atoms with Crippen molar-refractivity contribution in [3.05, 3.63) is 62.5 Å². The third-order valence-electron chi connectivity index (χ3n) is 3.73. The van der Waals surface area contributed by atoms with Gasteiger partial charge in [0.2, 0.25) is 10.0 Å². The number of hydrogen-bond donors (Lipinski definition) is 3. The van der Waals surface area contributed by atoms with Crippen LogP contribution in [0.1, 0.15) is 5.69 Å². The van der Waals surface area contributed by atoms with Crippen molar-refractivity contribution in [1.82, 2.24) is 9.78 Å². The highest BCUT2D eigenvalue weighted by Crippen LogP contribution is 2.37. The molecule has 4 N–H and O–H groups in total. The highest BCUT2D eigenvalue weighted by atomic mass is 35.5. The fourth-order valence-corrected chi connectivity index (χ4v) is 3.35. The van der Waals surface area contributed by atoms with Gasteiger partial charge in [-0.3, -0.25) is 9.89 Å². The molecule has 1 aromatic heterocycles. The van der Waals surface area contributed by atoms with Gasteiger partial charge in [-0.1, -0.05) is 23.2 Å². The number of hydrogen-bond acceptors (Lipinski definition) is 6. The molecule has 0 atom stereocenters. The van der Waals surface area contributed by atoms with Gasteiger partial charge in [-0.15, -0.1) is 10.2 Å². The Labute approximate surface area is 169 Å². The lowest BCUT2D eigenvalue weighted by molar-refractivity contribution is 0.476. The molecule has 0 amide bonds. The molecular formula is C16H13Cl2N5O4S. The van der Waals surface area contributed by atoms with Gasteiger partial charge in [0.15, 0.2) is 11.4 Å². The lowest BCUT2D eigenvalue weighted by Gasteiger charge is -2.02. The summed E-state index contributed by atoms with van der Waals surface area (Å²) in [6.45, 7) is 1.61. The molecule has 0 aliphatic carbocycles. The van der Waals surface area contributed by atoms with Gasteiger partial charge in [0.1, 0.15) is 5.69 Å². The van der Waals surface area contributed by atoms with E-state index < -0.39 is 15.6 Å². The molecule has 146 valence electrons. The average Bonchev–Trinajstić information content (AvgIpc) is 2.90. The van der Waals surface area contributed by atoms with E-state index >= 15 is 0 Å². The summed E-state index contributed by atoms with van der Waals surface area (Å²) >= 11 is 11.7. The van der Waals surface area contributed by atoms with Crippen LogP contribution >= 0.6 is 23.2 Å². The summed E-state index contributed by atoms with van der Waals surface area (Å²) in [7, 11) is -3.84. The molecule has 2 aromatic carbocycles. The maximum Gasteiger partial charge on any atom is 0.299 e.